The second-order valence-corrected chi connectivity index (χ2v) is 29.4. The number of fused-ring (bicyclic) bond motifs is 12. The molecule has 18 heteroatoms. The van der Waals surface area contributed by atoms with Gasteiger partial charge in [-0.1, -0.05) is 67.2 Å². The van der Waals surface area contributed by atoms with Crippen LogP contribution < -0.4 is 35.3 Å². The summed E-state index contributed by atoms with van der Waals surface area (Å²) < 4.78 is 0. The van der Waals surface area contributed by atoms with E-state index in [0.29, 0.717) is 42.6 Å². The van der Waals surface area contributed by atoms with Crippen LogP contribution in [-0.4, -0.2) is 115 Å². The second kappa shape index (κ2) is 26.9. The first-order valence-corrected chi connectivity index (χ1v) is 33.0. The van der Waals surface area contributed by atoms with Gasteiger partial charge in [-0.3, -0.25) is 30.2 Å². The molecule has 3 saturated carbocycles. The zero-order valence-corrected chi connectivity index (χ0v) is 56.1. The number of pyridine rings is 3. The minimum Gasteiger partial charge on any atom is -1.00 e. The van der Waals surface area contributed by atoms with Crippen LogP contribution in [-0.2, 0) is 83.6 Å². The van der Waals surface area contributed by atoms with E-state index >= 15 is 0 Å². The van der Waals surface area contributed by atoms with E-state index in [1.807, 2.05) is 49.3 Å². The molecule has 9 aliphatic rings. The summed E-state index contributed by atoms with van der Waals surface area (Å²) in [4.78, 5) is 38.8. The number of aldehydes is 2. The van der Waals surface area contributed by atoms with Crippen LogP contribution in [0.3, 0.4) is 0 Å². The minimum absolute atomic E-state index is 0. The summed E-state index contributed by atoms with van der Waals surface area (Å²) in [5.74, 6) is 3.37. The summed E-state index contributed by atoms with van der Waals surface area (Å²) in [5.41, 5.74) is 21.5. The van der Waals surface area contributed by atoms with Crippen LogP contribution in [0.5, 0.6) is 0 Å². The maximum atomic E-state index is 12.5. The van der Waals surface area contributed by atoms with E-state index in [9.17, 15) is 24.9 Å². The fourth-order valence-electron chi connectivity index (χ4n) is 21.1. The number of nitrogens with one attached hydrogen (secondary N) is 3. The normalized spacial score (nSPS) is 37.0. The molecule has 18 atom stereocenters. The van der Waals surface area contributed by atoms with Gasteiger partial charge in [0.1, 0.15) is 12.6 Å². The number of hydrogen-bond donors (Lipinski definition) is 7. The summed E-state index contributed by atoms with van der Waals surface area (Å²) in [6, 6.07) is 12.7. The monoisotopic (exact) mass is 1240 g/mol. The number of halogens is 1. The van der Waals surface area contributed by atoms with Gasteiger partial charge in [0.2, 0.25) is 0 Å². The number of nitrogens with zero attached hydrogens (tertiary/aromatic N) is 6. The van der Waals surface area contributed by atoms with Gasteiger partial charge in [-0.25, -0.2) is 0 Å². The SMILES string of the molecule is C.CCl.C[C@]1([C@H]2CC[C@]3(C)c4ncccc4C[C@H]3[C@@H]2C=O)Cc2cn[nH]c2C[C@@H]1C=O.C[C@]1([C@H]2CC[C@]3(C)c4ncccc4C[C@H]3[C@@H]2CN)Cc2cn[nH]c2C[C@@H]1CO.C[C@]1([C@H]2CC[C@]3(C)c4ncccc4C[C@H]3[C@@H]2CO)Cc2cn[nH]c2C[C@@H]1CO.[B].[H-].[Na+]. The molecule has 0 aromatic carbocycles. The number of aromatic amines is 3. The third-order valence-corrected chi connectivity index (χ3v) is 26.0. The molecular weight excluding hydrogens is 1140 g/mol. The minimum atomic E-state index is -0.215. The average molecular weight is 1240 g/mol. The number of aromatic nitrogens is 9. The first-order chi connectivity index (χ1) is 41.5. The standard InChI is InChI=1S/C23H32N4O.C23H31N3O2.C23H27N3O2.CH3Cl.CH4.B.Na.H/c1-22-6-5-18(17(11-24)19(22)8-14-4-3-7-25-21(14)22)23(2)10-15-12-26-27-20(15)9-16(23)13-28;2*1-22-6-5-18(17(13-28)19(22)8-14-4-3-7-24-21(14)22)23(2)10-15-11-25-26-20(15)9-16(23)12-27;1-2;;;;/h3-4,7,12,16-19,28H,5-6,8-11,13,24H2,1-2H3,(H,26,27);3-4,7,11,16-19,27-28H,5-6,8-10,12-13H2,1-2H3,(H,25,26);3-4,7,11-13,16-19H,5-6,8-10H2,1-2H3,(H,25,26);1H3;1H4;;;/q;;;;;;+1;-1/t3*16-,17-,18+,19+,22+,23+;;;;;/m111...../s1. The molecule has 0 bridgehead atoms. The maximum Gasteiger partial charge on any atom is 1.00 e. The van der Waals surface area contributed by atoms with Crippen LogP contribution in [0.15, 0.2) is 73.6 Å². The Morgan fingerprint density at radius 1 is 0.528 bits per heavy atom. The maximum absolute atomic E-state index is 12.5. The molecule has 6 aromatic rings. The Morgan fingerprint density at radius 2 is 0.910 bits per heavy atom. The Kier molecular flexibility index (Phi) is 20.9. The van der Waals surface area contributed by atoms with Crippen molar-refractivity contribution in [2.45, 2.75) is 162 Å². The average Bonchev–Trinajstić information content (AvgIpc) is 1.52. The molecule has 9 aliphatic carbocycles. The molecule has 473 valence electrons. The van der Waals surface area contributed by atoms with Crippen molar-refractivity contribution >= 4 is 32.6 Å². The molecule has 89 heavy (non-hydrogen) atoms. The van der Waals surface area contributed by atoms with Gasteiger partial charge < -0.3 is 32.1 Å². The van der Waals surface area contributed by atoms with Gasteiger partial charge in [0.25, 0.3) is 0 Å². The van der Waals surface area contributed by atoms with Gasteiger partial charge >= 0.3 is 29.6 Å². The zero-order chi connectivity index (χ0) is 60.6. The fraction of sp³-hybridized carbons (Fsp3) is 0.634. The molecule has 15 rings (SSSR count). The predicted molar refractivity (Wildman–Crippen MR) is 346 cm³/mol. The summed E-state index contributed by atoms with van der Waals surface area (Å²) >= 11 is 4.64. The van der Waals surface area contributed by atoms with Crippen molar-refractivity contribution in [1.82, 2.24) is 45.5 Å². The van der Waals surface area contributed by atoms with E-state index in [1.165, 1.54) is 74.5 Å². The van der Waals surface area contributed by atoms with Gasteiger partial charge in [-0.2, -0.15) is 15.3 Å². The quantitative estimate of drug-likeness (QED) is 0.0460. The number of hydrogen-bond acceptors (Lipinski definition) is 12. The molecule has 3 fully saturated rings. The summed E-state index contributed by atoms with van der Waals surface area (Å²) in [6.45, 7) is 15.4. The smallest absolute Gasteiger partial charge is 1.00 e. The molecule has 0 amide bonds. The van der Waals surface area contributed by atoms with Crippen molar-refractivity contribution in [2.75, 3.05) is 32.7 Å². The number of alkyl halides is 1. The van der Waals surface area contributed by atoms with E-state index in [2.05, 4.69) is 108 Å². The number of carbonyl (C=O) groups is 2. The molecule has 0 unspecified atom stereocenters. The van der Waals surface area contributed by atoms with Crippen LogP contribution in [0.25, 0.3) is 0 Å². The van der Waals surface area contributed by atoms with Gasteiger partial charge in [0, 0.05) is 115 Å². The molecule has 0 spiro atoms. The molecule has 6 heterocycles. The summed E-state index contributed by atoms with van der Waals surface area (Å²) in [5, 5.41) is 53.1. The fourth-order valence-corrected chi connectivity index (χ4v) is 21.1. The third-order valence-electron chi connectivity index (χ3n) is 26.0. The van der Waals surface area contributed by atoms with Gasteiger partial charge in [0.05, 0.1) is 18.6 Å². The summed E-state index contributed by atoms with van der Waals surface area (Å²) in [6.07, 6.45) is 30.0. The van der Waals surface area contributed by atoms with E-state index in [0.717, 1.165) is 102 Å². The molecule has 8 N–H and O–H groups in total. The first kappa shape index (κ1) is 69.0. The van der Waals surface area contributed by atoms with Gasteiger partial charge in [-0.15, -0.1) is 11.6 Å². The van der Waals surface area contributed by atoms with Crippen molar-refractivity contribution in [3.05, 3.63) is 141 Å². The number of aliphatic hydroxyl groups is 3. The van der Waals surface area contributed by atoms with Crippen molar-refractivity contribution in [3.63, 3.8) is 0 Å². The Hall–Kier alpha value is -4.39. The number of rotatable bonds is 9. The van der Waals surface area contributed by atoms with Crippen molar-refractivity contribution in [1.29, 1.82) is 0 Å². The molecule has 0 saturated heterocycles. The van der Waals surface area contributed by atoms with Crippen molar-refractivity contribution in [3.8, 4) is 0 Å². The van der Waals surface area contributed by atoms with E-state index in [1.54, 1.807) is 0 Å². The second-order valence-electron chi connectivity index (χ2n) is 29.4. The Labute approximate surface area is 558 Å². The predicted octanol–water partition coefficient (Wildman–Crippen LogP) is 6.61. The largest absolute Gasteiger partial charge is 1.00 e. The zero-order valence-electron chi connectivity index (χ0n) is 54.3. The third kappa shape index (κ3) is 11.1. The molecule has 0 aliphatic heterocycles. The first-order valence-electron chi connectivity index (χ1n) is 32.2. The topological polar surface area (TPSA) is 246 Å². The van der Waals surface area contributed by atoms with E-state index < -0.39 is 0 Å². The van der Waals surface area contributed by atoms with Crippen LogP contribution in [0.1, 0.15) is 156 Å². The Bertz CT molecular complexity index is 3280. The number of aliphatic hydroxyl groups excluding tert-OH is 3. The van der Waals surface area contributed by atoms with Gasteiger partial charge in [0.15, 0.2) is 0 Å². The number of carbonyl (C=O) groups excluding carboxylic acids is 2. The van der Waals surface area contributed by atoms with Crippen LogP contribution >= 0.6 is 11.6 Å². The van der Waals surface area contributed by atoms with Gasteiger partial charge in [-0.05, 0) is 230 Å². The molecule has 6 aromatic heterocycles. The van der Waals surface area contributed by atoms with Crippen LogP contribution in [0.2, 0.25) is 0 Å². The summed E-state index contributed by atoms with van der Waals surface area (Å²) in [7, 11) is 0. The molecular formula is C71H98BClN10NaO5. The van der Waals surface area contributed by atoms with Crippen LogP contribution in [0, 0.1) is 87.3 Å². The van der Waals surface area contributed by atoms with Crippen LogP contribution in [0.4, 0.5) is 0 Å². The Balaban J connectivity index is 0.000000168. The van der Waals surface area contributed by atoms with E-state index in [4.69, 9.17) is 20.7 Å². The van der Waals surface area contributed by atoms with E-state index in [-0.39, 0.29) is 141 Å². The molecule has 15 nitrogen and oxygen atoms in total. The van der Waals surface area contributed by atoms with Crippen molar-refractivity contribution < 1.29 is 55.9 Å². The molecule has 3 radical (unpaired) electrons. The number of H-pyrrole nitrogens is 3. The number of nitrogens with two attached hydrogens (primary N) is 1. The van der Waals surface area contributed by atoms with Crippen molar-refractivity contribution in [2.24, 2.45) is 93.0 Å². The Morgan fingerprint density at radius 3 is 1.31 bits per heavy atom.